The van der Waals surface area contributed by atoms with E-state index in [0.717, 1.165) is 21.7 Å². The van der Waals surface area contributed by atoms with Crippen molar-refractivity contribution in [2.75, 3.05) is 10.6 Å². The van der Waals surface area contributed by atoms with Gasteiger partial charge in [0.25, 0.3) is 0 Å². The highest BCUT2D eigenvalue weighted by atomic mass is 79.9. The van der Waals surface area contributed by atoms with Crippen molar-refractivity contribution in [2.24, 2.45) is 0 Å². The molecule has 0 aliphatic rings. The molecule has 0 aliphatic heterocycles. The van der Waals surface area contributed by atoms with Crippen LogP contribution < -0.4 is 10.6 Å². The van der Waals surface area contributed by atoms with Crippen molar-refractivity contribution in [1.29, 1.82) is 0 Å². The van der Waals surface area contributed by atoms with Crippen molar-refractivity contribution < 1.29 is 4.79 Å². The number of hydrogen-bond acceptors (Lipinski definition) is 3. The number of thiophene rings is 1. The molecule has 0 fully saturated rings. The van der Waals surface area contributed by atoms with Crippen molar-refractivity contribution in [3.8, 4) is 0 Å². The zero-order valence-electron chi connectivity index (χ0n) is 10.6. The number of carbonyl (C=O) groups is 1. The molecule has 100 valence electrons. The average molecular weight is 339 g/mol. The molecule has 1 heterocycles. The second-order valence-corrected chi connectivity index (χ2v) is 6.59. The van der Waals surface area contributed by atoms with Gasteiger partial charge in [0.1, 0.15) is 0 Å². The molecule has 5 heteroatoms. The van der Waals surface area contributed by atoms with Crippen LogP contribution in [0.3, 0.4) is 0 Å². The van der Waals surface area contributed by atoms with Crippen molar-refractivity contribution in [2.45, 2.75) is 19.9 Å². The Labute approximate surface area is 125 Å². The summed E-state index contributed by atoms with van der Waals surface area (Å²) in [5, 5.41) is 6.19. The molecular formula is C14H15BrN2OS. The Kier molecular flexibility index (Phi) is 4.99. The van der Waals surface area contributed by atoms with Crippen molar-refractivity contribution in [3.63, 3.8) is 0 Å². The molecule has 19 heavy (non-hydrogen) atoms. The van der Waals surface area contributed by atoms with Crippen LogP contribution in [0.15, 0.2) is 40.2 Å². The number of carbonyl (C=O) groups excluding carboxylic acids is 1. The summed E-state index contributed by atoms with van der Waals surface area (Å²) in [6, 6.07) is 11.9. The lowest BCUT2D eigenvalue weighted by molar-refractivity contribution is -0.115. The lowest BCUT2D eigenvalue weighted by Gasteiger charge is -2.08. The van der Waals surface area contributed by atoms with Gasteiger partial charge in [0, 0.05) is 29.2 Å². The van der Waals surface area contributed by atoms with Crippen LogP contribution in [0.5, 0.6) is 0 Å². The molecule has 1 amide bonds. The summed E-state index contributed by atoms with van der Waals surface area (Å²) in [6.45, 7) is 2.62. The summed E-state index contributed by atoms with van der Waals surface area (Å²) in [4.78, 5) is 12.6. The van der Waals surface area contributed by atoms with Crippen LogP contribution in [0.25, 0.3) is 0 Å². The Bertz CT molecular complexity index is 568. The molecule has 0 unspecified atom stereocenters. The van der Waals surface area contributed by atoms with Crippen LogP contribution in [0.2, 0.25) is 0 Å². The number of anilines is 2. The van der Waals surface area contributed by atoms with Gasteiger partial charge in [0.05, 0.1) is 3.79 Å². The fourth-order valence-electron chi connectivity index (χ4n) is 1.59. The molecule has 0 aliphatic carbocycles. The maximum atomic E-state index is 11.3. The zero-order chi connectivity index (χ0) is 13.7. The number of benzene rings is 1. The first-order valence-corrected chi connectivity index (χ1v) is 7.66. The van der Waals surface area contributed by atoms with E-state index < -0.39 is 0 Å². The molecular weight excluding hydrogens is 324 g/mol. The number of halogens is 1. The SMILES string of the molecule is CCC(=O)Nc1cccc(NCc2ccc(Br)s2)c1. The second kappa shape index (κ2) is 6.73. The van der Waals surface area contributed by atoms with E-state index in [2.05, 4.69) is 32.6 Å². The second-order valence-electron chi connectivity index (χ2n) is 4.04. The predicted octanol–water partition coefficient (Wildman–Crippen LogP) is 4.47. The Morgan fingerprint density at radius 1 is 1.26 bits per heavy atom. The van der Waals surface area contributed by atoms with Crippen molar-refractivity contribution in [1.82, 2.24) is 0 Å². The number of rotatable bonds is 5. The molecule has 0 spiro atoms. The molecule has 0 radical (unpaired) electrons. The van der Waals surface area contributed by atoms with Gasteiger partial charge in [0.15, 0.2) is 0 Å². The van der Waals surface area contributed by atoms with Crippen molar-refractivity contribution in [3.05, 3.63) is 45.1 Å². The molecule has 1 aromatic heterocycles. The third-order valence-electron chi connectivity index (χ3n) is 2.56. The number of nitrogens with one attached hydrogen (secondary N) is 2. The summed E-state index contributed by atoms with van der Waals surface area (Å²) >= 11 is 5.16. The van der Waals surface area contributed by atoms with Crippen LogP contribution in [-0.4, -0.2) is 5.91 Å². The van der Waals surface area contributed by atoms with E-state index in [-0.39, 0.29) is 5.91 Å². The van der Waals surface area contributed by atoms with Gasteiger partial charge in [-0.3, -0.25) is 4.79 Å². The monoisotopic (exact) mass is 338 g/mol. The first kappa shape index (κ1) is 14.1. The number of hydrogen-bond donors (Lipinski definition) is 2. The van der Waals surface area contributed by atoms with Gasteiger partial charge in [-0.15, -0.1) is 11.3 Å². The molecule has 2 aromatic rings. The van der Waals surface area contributed by atoms with E-state index in [0.29, 0.717) is 6.42 Å². The van der Waals surface area contributed by atoms with Crippen molar-refractivity contribution >= 4 is 44.5 Å². The zero-order valence-corrected chi connectivity index (χ0v) is 13.0. The van der Waals surface area contributed by atoms with E-state index in [9.17, 15) is 4.79 Å². The Morgan fingerprint density at radius 3 is 2.74 bits per heavy atom. The Balaban J connectivity index is 1.97. The first-order chi connectivity index (χ1) is 9.17. The fourth-order valence-corrected chi connectivity index (χ4v) is 3.02. The molecule has 0 bridgehead atoms. The largest absolute Gasteiger partial charge is 0.380 e. The summed E-state index contributed by atoms with van der Waals surface area (Å²) < 4.78 is 1.13. The van der Waals surface area contributed by atoms with E-state index in [1.54, 1.807) is 11.3 Å². The predicted molar refractivity (Wildman–Crippen MR) is 84.7 cm³/mol. The normalized spacial score (nSPS) is 10.2. The highest BCUT2D eigenvalue weighted by Crippen LogP contribution is 2.23. The van der Waals surface area contributed by atoms with E-state index in [1.165, 1.54) is 4.88 Å². The topological polar surface area (TPSA) is 41.1 Å². The molecule has 2 N–H and O–H groups in total. The maximum Gasteiger partial charge on any atom is 0.224 e. The van der Waals surface area contributed by atoms with Gasteiger partial charge in [-0.1, -0.05) is 13.0 Å². The minimum atomic E-state index is 0.0272. The highest BCUT2D eigenvalue weighted by Gasteiger charge is 2.01. The lowest BCUT2D eigenvalue weighted by Crippen LogP contribution is -2.09. The van der Waals surface area contributed by atoms with Gasteiger partial charge in [-0.2, -0.15) is 0 Å². The minimum absolute atomic E-state index is 0.0272. The maximum absolute atomic E-state index is 11.3. The standard InChI is InChI=1S/C14H15BrN2OS/c1-2-14(18)17-11-5-3-4-10(8-11)16-9-12-6-7-13(15)19-12/h3-8,16H,2,9H2,1H3,(H,17,18). The molecule has 0 saturated carbocycles. The highest BCUT2D eigenvalue weighted by molar-refractivity contribution is 9.11. The van der Waals surface area contributed by atoms with Gasteiger partial charge >= 0.3 is 0 Å². The molecule has 2 rings (SSSR count). The summed E-state index contributed by atoms with van der Waals surface area (Å²) in [5.74, 6) is 0.0272. The van der Waals surface area contributed by atoms with Crippen LogP contribution in [0, 0.1) is 0 Å². The van der Waals surface area contributed by atoms with E-state index >= 15 is 0 Å². The Hall–Kier alpha value is -1.33. The number of amides is 1. The third kappa shape index (κ3) is 4.36. The molecule has 3 nitrogen and oxygen atoms in total. The lowest BCUT2D eigenvalue weighted by atomic mass is 10.2. The van der Waals surface area contributed by atoms with E-state index in [1.807, 2.05) is 37.3 Å². The van der Waals surface area contributed by atoms with Gasteiger partial charge in [0.2, 0.25) is 5.91 Å². The quantitative estimate of drug-likeness (QED) is 0.844. The minimum Gasteiger partial charge on any atom is -0.380 e. The first-order valence-electron chi connectivity index (χ1n) is 6.05. The van der Waals surface area contributed by atoms with Crippen LogP contribution in [0.1, 0.15) is 18.2 Å². The smallest absolute Gasteiger partial charge is 0.224 e. The molecule has 0 saturated heterocycles. The van der Waals surface area contributed by atoms with Gasteiger partial charge in [-0.05, 0) is 46.3 Å². The van der Waals surface area contributed by atoms with Crippen LogP contribution >= 0.6 is 27.3 Å². The van der Waals surface area contributed by atoms with Gasteiger partial charge in [-0.25, -0.2) is 0 Å². The molecule has 0 atom stereocenters. The fraction of sp³-hybridized carbons (Fsp3) is 0.214. The van der Waals surface area contributed by atoms with E-state index in [4.69, 9.17) is 0 Å². The van der Waals surface area contributed by atoms with Crippen LogP contribution in [-0.2, 0) is 11.3 Å². The summed E-state index contributed by atoms with van der Waals surface area (Å²) in [7, 11) is 0. The Morgan fingerprint density at radius 2 is 2.05 bits per heavy atom. The van der Waals surface area contributed by atoms with Crippen LogP contribution in [0.4, 0.5) is 11.4 Å². The summed E-state index contributed by atoms with van der Waals surface area (Å²) in [6.07, 6.45) is 0.487. The van der Waals surface area contributed by atoms with Gasteiger partial charge < -0.3 is 10.6 Å². The third-order valence-corrected chi connectivity index (χ3v) is 4.19. The average Bonchev–Trinajstić information content (AvgIpc) is 2.82. The molecule has 1 aromatic carbocycles. The summed E-state index contributed by atoms with van der Waals surface area (Å²) in [5.41, 5.74) is 1.82.